The third-order valence-electron chi connectivity index (χ3n) is 4.18. The Hall–Kier alpha value is -3.22. The number of rotatable bonds is 6. The maximum atomic E-state index is 12.7. The number of carbonyl (C=O) groups is 2. The second kappa shape index (κ2) is 6.95. The smallest absolute Gasteiger partial charge is 0.247 e. The van der Waals surface area contributed by atoms with Gasteiger partial charge in [-0.2, -0.15) is 0 Å². The molecule has 0 bridgehead atoms. The minimum Gasteiger partial charge on any atom is -0.483 e. The largest absolute Gasteiger partial charge is 0.483 e. The van der Waals surface area contributed by atoms with Crippen LogP contribution in [0.2, 0.25) is 0 Å². The van der Waals surface area contributed by atoms with Crippen molar-refractivity contribution in [2.75, 3.05) is 0 Å². The number of H-pyrrole nitrogens is 1. The van der Waals surface area contributed by atoms with Crippen LogP contribution in [0.25, 0.3) is 11.5 Å². The molecule has 0 aliphatic heterocycles. The standard InChI is InChI=1S/C19H19N3O4/c1-10-16(12(3)23)11(2)21-17(10)18(24)13(4)26-15-7-5-14(6-8-15)19-22-20-9-25-19/h5-9,13,21H,1-4H3. The molecule has 0 spiro atoms. The van der Waals surface area contributed by atoms with Crippen molar-refractivity contribution in [2.45, 2.75) is 33.8 Å². The van der Waals surface area contributed by atoms with Gasteiger partial charge in [0.25, 0.3) is 0 Å². The van der Waals surface area contributed by atoms with Gasteiger partial charge in [0, 0.05) is 16.8 Å². The molecule has 3 aromatic rings. The summed E-state index contributed by atoms with van der Waals surface area (Å²) in [5.41, 5.74) is 3.07. The fraction of sp³-hybridized carbons (Fsp3) is 0.263. The topological polar surface area (TPSA) is 98.1 Å². The van der Waals surface area contributed by atoms with Crippen molar-refractivity contribution in [3.63, 3.8) is 0 Å². The number of carbonyl (C=O) groups excluding carboxylic acids is 2. The first kappa shape index (κ1) is 17.6. The molecular weight excluding hydrogens is 334 g/mol. The molecule has 0 amide bonds. The summed E-state index contributed by atoms with van der Waals surface area (Å²) in [6, 6.07) is 7.02. The quantitative estimate of drug-likeness (QED) is 0.681. The summed E-state index contributed by atoms with van der Waals surface area (Å²) in [7, 11) is 0. The van der Waals surface area contributed by atoms with Gasteiger partial charge in [0.1, 0.15) is 5.75 Å². The highest BCUT2D eigenvalue weighted by Crippen LogP contribution is 2.23. The third kappa shape index (κ3) is 3.28. The molecule has 0 saturated heterocycles. The summed E-state index contributed by atoms with van der Waals surface area (Å²) < 4.78 is 10.9. The van der Waals surface area contributed by atoms with Crippen molar-refractivity contribution in [1.29, 1.82) is 0 Å². The van der Waals surface area contributed by atoms with E-state index in [1.54, 1.807) is 45.0 Å². The molecule has 1 N–H and O–H groups in total. The maximum absolute atomic E-state index is 12.7. The summed E-state index contributed by atoms with van der Waals surface area (Å²) in [6.45, 7) is 6.71. The average Bonchev–Trinajstić information content (AvgIpc) is 3.23. The van der Waals surface area contributed by atoms with Crippen molar-refractivity contribution < 1.29 is 18.7 Å². The van der Waals surface area contributed by atoms with Crippen LogP contribution >= 0.6 is 0 Å². The van der Waals surface area contributed by atoms with E-state index in [1.807, 2.05) is 0 Å². The zero-order chi connectivity index (χ0) is 18.8. The van der Waals surface area contributed by atoms with Gasteiger partial charge in [-0.1, -0.05) is 0 Å². The van der Waals surface area contributed by atoms with E-state index >= 15 is 0 Å². The summed E-state index contributed by atoms with van der Waals surface area (Å²) in [5.74, 6) is 0.677. The molecule has 1 aromatic carbocycles. The van der Waals surface area contributed by atoms with Crippen molar-refractivity contribution in [3.05, 3.63) is 53.2 Å². The predicted octanol–water partition coefficient (Wildman–Crippen LogP) is 3.53. The number of nitrogens with one attached hydrogen (secondary N) is 1. The number of ketones is 2. The van der Waals surface area contributed by atoms with Gasteiger partial charge in [0.15, 0.2) is 11.9 Å². The van der Waals surface area contributed by atoms with E-state index in [1.165, 1.54) is 13.3 Å². The van der Waals surface area contributed by atoms with Gasteiger partial charge in [-0.05, 0) is 57.5 Å². The number of Topliss-reactive ketones (excluding diaryl/α,β-unsaturated/α-hetero) is 2. The molecule has 7 heteroatoms. The maximum Gasteiger partial charge on any atom is 0.247 e. The molecule has 0 fully saturated rings. The first-order valence-corrected chi connectivity index (χ1v) is 8.16. The van der Waals surface area contributed by atoms with Gasteiger partial charge >= 0.3 is 0 Å². The number of hydrogen-bond acceptors (Lipinski definition) is 6. The van der Waals surface area contributed by atoms with Crippen molar-refractivity contribution in [3.8, 4) is 17.2 Å². The summed E-state index contributed by atoms with van der Waals surface area (Å²) >= 11 is 0. The van der Waals surface area contributed by atoms with Crippen LogP contribution in [0.5, 0.6) is 5.75 Å². The van der Waals surface area contributed by atoms with Crippen molar-refractivity contribution in [2.24, 2.45) is 0 Å². The number of aromatic nitrogens is 3. The minimum atomic E-state index is -0.708. The lowest BCUT2D eigenvalue weighted by atomic mass is 10.0. The average molecular weight is 353 g/mol. The molecule has 26 heavy (non-hydrogen) atoms. The number of hydrogen-bond donors (Lipinski definition) is 1. The van der Waals surface area contributed by atoms with Gasteiger partial charge in [0.05, 0.1) is 5.69 Å². The SMILES string of the molecule is CC(=O)c1c(C)[nH]c(C(=O)C(C)Oc2ccc(-c3nnco3)cc2)c1C. The predicted molar refractivity (Wildman–Crippen MR) is 94.4 cm³/mol. The number of ether oxygens (including phenoxy) is 1. The van der Waals surface area contributed by atoms with Gasteiger partial charge in [-0.25, -0.2) is 0 Å². The Morgan fingerprint density at radius 3 is 2.42 bits per heavy atom. The van der Waals surface area contributed by atoms with Crippen LogP contribution in [-0.2, 0) is 0 Å². The van der Waals surface area contributed by atoms with Crippen LogP contribution in [0.15, 0.2) is 35.1 Å². The molecule has 0 radical (unpaired) electrons. The van der Waals surface area contributed by atoms with E-state index < -0.39 is 6.10 Å². The highest BCUT2D eigenvalue weighted by molar-refractivity contribution is 6.04. The monoisotopic (exact) mass is 353 g/mol. The first-order chi connectivity index (χ1) is 12.4. The Labute approximate surface area is 150 Å². The van der Waals surface area contributed by atoms with Crippen LogP contribution in [0.4, 0.5) is 0 Å². The van der Waals surface area contributed by atoms with E-state index in [0.29, 0.717) is 34.2 Å². The molecule has 0 aliphatic rings. The van der Waals surface area contributed by atoms with E-state index in [0.717, 1.165) is 5.56 Å². The van der Waals surface area contributed by atoms with Gasteiger partial charge < -0.3 is 14.1 Å². The molecule has 2 heterocycles. The van der Waals surface area contributed by atoms with E-state index in [4.69, 9.17) is 9.15 Å². The highest BCUT2D eigenvalue weighted by Gasteiger charge is 2.24. The molecule has 7 nitrogen and oxygen atoms in total. The summed E-state index contributed by atoms with van der Waals surface area (Å²) in [5, 5.41) is 7.47. The Kier molecular flexibility index (Phi) is 4.71. The van der Waals surface area contributed by atoms with E-state index in [2.05, 4.69) is 15.2 Å². The molecule has 2 aromatic heterocycles. The van der Waals surface area contributed by atoms with Crippen LogP contribution in [-0.4, -0.2) is 32.9 Å². The highest BCUT2D eigenvalue weighted by atomic mass is 16.5. The summed E-state index contributed by atoms with van der Waals surface area (Å²) in [4.78, 5) is 27.5. The fourth-order valence-corrected chi connectivity index (χ4v) is 2.96. The van der Waals surface area contributed by atoms with Crippen molar-refractivity contribution in [1.82, 2.24) is 15.2 Å². The van der Waals surface area contributed by atoms with Crippen molar-refractivity contribution >= 4 is 11.6 Å². The van der Waals surface area contributed by atoms with E-state index in [9.17, 15) is 9.59 Å². The normalized spacial score (nSPS) is 12.0. The van der Waals surface area contributed by atoms with Gasteiger partial charge in [-0.3, -0.25) is 9.59 Å². The Morgan fingerprint density at radius 2 is 1.88 bits per heavy atom. The van der Waals surface area contributed by atoms with Gasteiger partial charge in [-0.15, -0.1) is 10.2 Å². The molecule has 3 rings (SSSR count). The van der Waals surface area contributed by atoms with E-state index in [-0.39, 0.29) is 11.6 Å². The Morgan fingerprint density at radius 1 is 1.19 bits per heavy atom. The lowest BCUT2D eigenvalue weighted by Gasteiger charge is -2.13. The van der Waals surface area contributed by atoms with Crippen LogP contribution in [0.3, 0.4) is 0 Å². The Bertz CT molecular complexity index is 940. The zero-order valence-corrected chi connectivity index (χ0v) is 15.0. The second-order valence-electron chi connectivity index (χ2n) is 6.07. The van der Waals surface area contributed by atoms with Crippen LogP contribution < -0.4 is 4.74 Å². The molecular formula is C19H19N3O4. The third-order valence-corrected chi connectivity index (χ3v) is 4.18. The lowest BCUT2D eigenvalue weighted by Crippen LogP contribution is -2.25. The van der Waals surface area contributed by atoms with Gasteiger partial charge in [0.2, 0.25) is 18.1 Å². The number of aryl methyl sites for hydroxylation is 1. The minimum absolute atomic E-state index is 0.0690. The number of aromatic amines is 1. The fourth-order valence-electron chi connectivity index (χ4n) is 2.96. The molecule has 1 atom stereocenters. The molecule has 134 valence electrons. The second-order valence-corrected chi connectivity index (χ2v) is 6.07. The van der Waals surface area contributed by atoms with Crippen LogP contribution in [0, 0.1) is 13.8 Å². The summed E-state index contributed by atoms with van der Waals surface area (Å²) in [6.07, 6.45) is 0.553. The lowest BCUT2D eigenvalue weighted by molar-refractivity contribution is 0.0812. The molecule has 0 aliphatic carbocycles. The molecule has 1 unspecified atom stereocenters. The first-order valence-electron chi connectivity index (χ1n) is 8.16. The molecule has 0 saturated carbocycles. The zero-order valence-electron chi connectivity index (χ0n) is 15.0. The number of nitrogens with zero attached hydrogens (tertiary/aromatic N) is 2. The Balaban J connectivity index is 1.76. The number of benzene rings is 1. The van der Waals surface area contributed by atoms with Crippen LogP contribution in [0.1, 0.15) is 46.0 Å².